The molecule has 1 aromatic carbocycles. The second kappa shape index (κ2) is 7.85. The van der Waals surface area contributed by atoms with Crippen LogP contribution in [0.3, 0.4) is 0 Å². The van der Waals surface area contributed by atoms with Crippen LogP contribution >= 0.6 is 0 Å². The van der Waals surface area contributed by atoms with Gasteiger partial charge in [-0.1, -0.05) is 12.1 Å². The van der Waals surface area contributed by atoms with Crippen molar-refractivity contribution in [2.75, 3.05) is 31.1 Å². The molecule has 4 rings (SSSR count). The minimum atomic E-state index is -1.76. The third kappa shape index (κ3) is 3.55. The molecule has 0 spiro atoms. The number of imide groups is 1. The molecule has 32 heavy (non-hydrogen) atoms. The highest BCUT2D eigenvalue weighted by Gasteiger charge is 2.46. The van der Waals surface area contributed by atoms with E-state index in [4.69, 9.17) is 0 Å². The van der Waals surface area contributed by atoms with E-state index in [2.05, 4.69) is 15.2 Å². The first-order valence-electron chi connectivity index (χ1n) is 10.2. The monoisotopic (exact) mass is 443 g/mol. The van der Waals surface area contributed by atoms with Crippen LogP contribution in [0, 0.1) is 25.5 Å². The molecule has 168 valence electrons. The van der Waals surface area contributed by atoms with Crippen LogP contribution in [0.1, 0.15) is 34.0 Å². The van der Waals surface area contributed by atoms with Gasteiger partial charge in [-0.2, -0.15) is 0 Å². The number of amides is 4. The predicted molar refractivity (Wildman–Crippen MR) is 112 cm³/mol. The highest BCUT2D eigenvalue weighted by Crippen LogP contribution is 2.30. The van der Waals surface area contributed by atoms with Crippen molar-refractivity contribution in [1.29, 1.82) is 0 Å². The number of hydrogen-bond donors (Lipinski definition) is 2. The molecule has 2 aromatic rings. The fourth-order valence-corrected chi connectivity index (χ4v) is 4.16. The normalized spacial score (nSPS) is 20.9. The zero-order chi connectivity index (χ0) is 23.2. The van der Waals surface area contributed by atoms with E-state index >= 15 is 0 Å². The Hall–Kier alpha value is -3.56. The predicted octanol–water partition coefficient (Wildman–Crippen LogP) is 1.99. The van der Waals surface area contributed by atoms with E-state index in [-0.39, 0.29) is 5.56 Å². The van der Waals surface area contributed by atoms with Crippen LogP contribution < -0.4 is 15.5 Å². The van der Waals surface area contributed by atoms with Gasteiger partial charge in [0.25, 0.3) is 11.8 Å². The van der Waals surface area contributed by atoms with Gasteiger partial charge in [-0.15, -0.1) is 0 Å². The van der Waals surface area contributed by atoms with Gasteiger partial charge >= 0.3 is 6.03 Å². The fourth-order valence-electron chi connectivity index (χ4n) is 4.16. The molecule has 2 saturated heterocycles. The van der Waals surface area contributed by atoms with E-state index in [1.807, 2.05) is 25.2 Å². The van der Waals surface area contributed by atoms with Crippen molar-refractivity contribution < 1.29 is 23.2 Å². The molecular formula is C22H23F2N5O3. The van der Waals surface area contributed by atoms with Crippen molar-refractivity contribution in [3.63, 3.8) is 0 Å². The first kappa shape index (κ1) is 21.7. The van der Waals surface area contributed by atoms with Crippen molar-refractivity contribution >= 4 is 23.7 Å². The van der Waals surface area contributed by atoms with Gasteiger partial charge in [-0.25, -0.2) is 18.6 Å². The highest BCUT2D eigenvalue weighted by molar-refractivity contribution is 6.07. The minimum Gasteiger partial charge on any atom is -0.353 e. The summed E-state index contributed by atoms with van der Waals surface area (Å²) in [6, 6.07) is 3.55. The van der Waals surface area contributed by atoms with E-state index in [1.54, 1.807) is 6.20 Å². The van der Waals surface area contributed by atoms with Crippen molar-refractivity contribution in [2.24, 2.45) is 0 Å². The molecule has 2 fully saturated rings. The lowest BCUT2D eigenvalue weighted by molar-refractivity contribution is -0.123. The van der Waals surface area contributed by atoms with E-state index in [0.717, 1.165) is 29.1 Å². The number of aryl methyl sites for hydroxylation is 2. The SMILES string of the molecule is Cc1cnc(N2CCN(C(=O)c3ccc(C4(C)NC(=O)NC4=O)c(F)c3F)CC2)c(C)c1. The van der Waals surface area contributed by atoms with Gasteiger partial charge < -0.3 is 15.1 Å². The van der Waals surface area contributed by atoms with Crippen molar-refractivity contribution in [3.8, 4) is 0 Å². The van der Waals surface area contributed by atoms with E-state index in [1.165, 1.54) is 11.8 Å². The topological polar surface area (TPSA) is 94.6 Å². The molecule has 2 aliphatic heterocycles. The zero-order valence-electron chi connectivity index (χ0n) is 18.0. The smallest absolute Gasteiger partial charge is 0.322 e. The van der Waals surface area contributed by atoms with Gasteiger partial charge in [0.1, 0.15) is 11.4 Å². The van der Waals surface area contributed by atoms with Crippen LogP contribution in [0.15, 0.2) is 24.4 Å². The average Bonchev–Trinajstić information content (AvgIpc) is 3.01. The maximum atomic E-state index is 14.9. The Morgan fingerprint density at radius 2 is 1.78 bits per heavy atom. The zero-order valence-corrected chi connectivity index (χ0v) is 18.0. The van der Waals surface area contributed by atoms with Crippen molar-refractivity contribution in [2.45, 2.75) is 26.3 Å². The Morgan fingerprint density at radius 1 is 1.09 bits per heavy atom. The summed E-state index contributed by atoms with van der Waals surface area (Å²) in [5.41, 5.74) is -0.429. The molecule has 1 unspecified atom stereocenters. The van der Waals surface area contributed by atoms with Crippen LogP contribution in [0.4, 0.5) is 19.4 Å². The minimum absolute atomic E-state index is 0.326. The molecule has 1 atom stereocenters. The number of nitrogens with zero attached hydrogens (tertiary/aromatic N) is 3. The average molecular weight is 443 g/mol. The Morgan fingerprint density at radius 3 is 2.38 bits per heavy atom. The second-order valence-electron chi connectivity index (χ2n) is 8.25. The van der Waals surface area contributed by atoms with Crippen LogP contribution in [0.25, 0.3) is 0 Å². The number of anilines is 1. The Balaban J connectivity index is 1.51. The molecular weight excluding hydrogens is 420 g/mol. The third-order valence-corrected chi connectivity index (χ3v) is 5.95. The first-order valence-corrected chi connectivity index (χ1v) is 10.2. The van der Waals surface area contributed by atoms with Gasteiger partial charge in [-0.3, -0.25) is 14.9 Å². The lowest BCUT2D eigenvalue weighted by Crippen LogP contribution is -2.49. The number of halogens is 2. The van der Waals surface area contributed by atoms with Gasteiger partial charge in [0.05, 0.1) is 5.56 Å². The molecule has 10 heteroatoms. The van der Waals surface area contributed by atoms with E-state index < -0.39 is 40.6 Å². The summed E-state index contributed by atoms with van der Waals surface area (Å²) in [6.07, 6.45) is 1.78. The van der Waals surface area contributed by atoms with Crippen molar-refractivity contribution in [1.82, 2.24) is 20.5 Å². The number of nitrogens with one attached hydrogen (secondary N) is 2. The molecule has 1 aromatic heterocycles. The maximum Gasteiger partial charge on any atom is 0.322 e. The van der Waals surface area contributed by atoms with Crippen LogP contribution in [0.2, 0.25) is 0 Å². The molecule has 3 heterocycles. The standard InChI is InChI=1S/C22H23F2N5O3/c1-12-10-13(2)18(25-11-12)28-6-8-29(9-7-28)19(30)14-4-5-15(17(24)16(14)23)22(3)20(31)26-21(32)27-22/h4-5,10-11H,6-9H2,1-3H3,(H2,26,27,31,32). The number of aromatic nitrogens is 1. The summed E-state index contributed by atoms with van der Waals surface area (Å²) in [5.74, 6) is -3.27. The fraction of sp³-hybridized carbons (Fsp3) is 0.364. The molecule has 0 radical (unpaired) electrons. The lowest BCUT2D eigenvalue weighted by Gasteiger charge is -2.36. The van der Waals surface area contributed by atoms with Gasteiger partial charge in [-0.05, 0) is 38.0 Å². The Bertz CT molecular complexity index is 1130. The Kier molecular flexibility index (Phi) is 5.31. The quantitative estimate of drug-likeness (QED) is 0.708. The number of carbonyl (C=O) groups is 3. The maximum absolute atomic E-state index is 14.9. The molecule has 8 nitrogen and oxygen atoms in total. The van der Waals surface area contributed by atoms with E-state index in [0.29, 0.717) is 26.2 Å². The summed E-state index contributed by atoms with van der Waals surface area (Å²) < 4.78 is 29.7. The second-order valence-corrected chi connectivity index (χ2v) is 8.25. The van der Waals surface area contributed by atoms with Gasteiger partial charge in [0.15, 0.2) is 11.6 Å². The van der Waals surface area contributed by atoms with Crippen molar-refractivity contribution in [3.05, 3.63) is 58.3 Å². The summed E-state index contributed by atoms with van der Waals surface area (Å²) >= 11 is 0. The van der Waals surface area contributed by atoms with Gasteiger partial charge in [0.2, 0.25) is 0 Å². The van der Waals surface area contributed by atoms with Gasteiger partial charge in [0, 0.05) is 37.9 Å². The first-order chi connectivity index (χ1) is 15.1. The van der Waals surface area contributed by atoms with Crippen LogP contribution in [0.5, 0.6) is 0 Å². The summed E-state index contributed by atoms with van der Waals surface area (Å²) in [4.78, 5) is 44.4. The molecule has 0 saturated carbocycles. The summed E-state index contributed by atoms with van der Waals surface area (Å²) in [5, 5.41) is 4.29. The number of benzene rings is 1. The Labute approximate surface area is 183 Å². The molecule has 2 aliphatic rings. The number of pyridine rings is 1. The number of hydrogen-bond acceptors (Lipinski definition) is 5. The van der Waals surface area contributed by atoms with Crippen LogP contribution in [-0.2, 0) is 10.3 Å². The number of piperazine rings is 1. The summed E-state index contributed by atoms with van der Waals surface area (Å²) in [6.45, 7) is 6.88. The molecule has 4 amide bonds. The third-order valence-electron chi connectivity index (χ3n) is 5.95. The molecule has 0 bridgehead atoms. The number of rotatable bonds is 3. The molecule has 0 aliphatic carbocycles. The summed E-state index contributed by atoms with van der Waals surface area (Å²) in [7, 11) is 0. The molecule has 2 N–H and O–H groups in total. The lowest BCUT2D eigenvalue weighted by atomic mass is 9.90. The number of carbonyl (C=O) groups excluding carboxylic acids is 3. The highest BCUT2D eigenvalue weighted by atomic mass is 19.2. The largest absolute Gasteiger partial charge is 0.353 e. The van der Waals surface area contributed by atoms with Crippen LogP contribution in [-0.4, -0.2) is 53.9 Å². The number of urea groups is 1. The van der Waals surface area contributed by atoms with E-state index in [9.17, 15) is 23.2 Å².